The largest absolute Gasteiger partial charge is 0.383 e. The van der Waals surface area contributed by atoms with E-state index in [1.165, 1.54) is 30.3 Å². The van der Waals surface area contributed by atoms with Crippen molar-refractivity contribution in [3.63, 3.8) is 0 Å². The van der Waals surface area contributed by atoms with Crippen LogP contribution in [0.4, 0.5) is 5.69 Å². The number of H-pyrrole nitrogens is 1. The van der Waals surface area contributed by atoms with Gasteiger partial charge in [0.2, 0.25) is 0 Å². The zero-order valence-electron chi connectivity index (χ0n) is 18.2. The molecule has 0 aliphatic heterocycles. The fraction of sp³-hybridized carbons (Fsp3) is 0.462. The summed E-state index contributed by atoms with van der Waals surface area (Å²) in [5.74, 6) is 1.29. The number of aldehydes is 1. The molecule has 5 nitrogen and oxygen atoms in total. The van der Waals surface area contributed by atoms with Gasteiger partial charge in [-0.15, -0.1) is 0 Å². The lowest BCUT2D eigenvalue weighted by molar-refractivity contribution is -0.117. The lowest BCUT2D eigenvalue weighted by Crippen LogP contribution is -2.39. The van der Waals surface area contributed by atoms with Gasteiger partial charge in [0, 0.05) is 41.0 Å². The summed E-state index contributed by atoms with van der Waals surface area (Å²) < 4.78 is 0. The van der Waals surface area contributed by atoms with Crippen LogP contribution in [0.25, 0.3) is 22.3 Å². The summed E-state index contributed by atoms with van der Waals surface area (Å²) in [6, 6.07) is 13.3. The normalized spacial score (nSPS) is 24.8. The van der Waals surface area contributed by atoms with E-state index < -0.39 is 0 Å². The van der Waals surface area contributed by atoms with E-state index in [1.54, 1.807) is 0 Å². The first-order chi connectivity index (χ1) is 15.1. The molecule has 2 saturated carbocycles. The standard InChI is InChI=1S/C26H32N4O/c1-17(27)18-8-11-26(16-31,12-9-18)15-29-23-10-13-28-25-22(23)14-24(30-25)21-6-4-20(5-7-21)19-2-3-19/h4-7,10,13-14,16-19H,2-3,8-9,11-12,15,27H2,1H3,(H2,28,29,30). The number of nitrogens with zero attached hydrogens (tertiary/aromatic N) is 1. The Morgan fingerprint density at radius 1 is 1.19 bits per heavy atom. The minimum atomic E-state index is -0.307. The number of aromatic nitrogens is 2. The lowest BCUT2D eigenvalue weighted by atomic mass is 9.70. The van der Waals surface area contributed by atoms with Crippen LogP contribution in [0.2, 0.25) is 0 Å². The molecule has 1 unspecified atom stereocenters. The van der Waals surface area contributed by atoms with Gasteiger partial charge in [0.05, 0.1) is 0 Å². The Hall–Kier alpha value is -2.66. The van der Waals surface area contributed by atoms with Crippen molar-refractivity contribution in [2.45, 2.75) is 57.4 Å². The van der Waals surface area contributed by atoms with Crippen molar-refractivity contribution in [2.24, 2.45) is 17.1 Å². The van der Waals surface area contributed by atoms with E-state index in [0.717, 1.165) is 54.0 Å². The van der Waals surface area contributed by atoms with Crippen molar-refractivity contribution in [3.8, 4) is 11.3 Å². The van der Waals surface area contributed by atoms with Gasteiger partial charge in [-0.3, -0.25) is 0 Å². The van der Waals surface area contributed by atoms with Crippen LogP contribution in [0, 0.1) is 11.3 Å². The third kappa shape index (κ3) is 4.11. The maximum atomic E-state index is 12.0. The highest BCUT2D eigenvalue weighted by Crippen LogP contribution is 2.41. The van der Waals surface area contributed by atoms with E-state index >= 15 is 0 Å². The number of nitrogens with one attached hydrogen (secondary N) is 2. The van der Waals surface area contributed by atoms with Gasteiger partial charge in [-0.2, -0.15) is 0 Å². The van der Waals surface area contributed by atoms with Crippen LogP contribution in [-0.4, -0.2) is 28.8 Å². The molecule has 1 aromatic carbocycles. The topological polar surface area (TPSA) is 83.8 Å². The monoisotopic (exact) mass is 416 g/mol. The second-order valence-corrected chi connectivity index (χ2v) is 9.73. The predicted octanol–water partition coefficient (Wildman–Crippen LogP) is 5.24. The van der Waals surface area contributed by atoms with Crippen LogP contribution in [0.5, 0.6) is 0 Å². The average Bonchev–Trinajstić information content (AvgIpc) is 3.56. The molecule has 31 heavy (non-hydrogen) atoms. The molecule has 2 aromatic heterocycles. The van der Waals surface area contributed by atoms with E-state index in [0.29, 0.717) is 12.5 Å². The number of aromatic amines is 1. The summed E-state index contributed by atoms with van der Waals surface area (Å²) in [6.45, 7) is 2.73. The number of carbonyl (C=O) groups is 1. The lowest BCUT2D eigenvalue weighted by Gasteiger charge is -2.37. The van der Waals surface area contributed by atoms with E-state index in [4.69, 9.17) is 5.73 Å². The van der Waals surface area contributed by atoms with Crippen LogP contribution in [-0.2, 0) is 4.79 Å². The van der Waals surface area contributed by atoms with Gasteiger partial charge in [-0.1, -0.05) is 24.3 Å². The van der Waals surface area contributed by atoms with Gasteiger partial charge in [0.1, 0.15) is 11.9 Å². The number of hydrogen-bond acceptors (Lipinski definition) is 4. The molecule has 2 fully saturated rings. The minimum Gasteiger partial charge on any atom is -0.383 e. The maximum Gasteiger partial charge on any atom is 0.139 e. The highest BCUT2D eigenvalue weighted by Gasteiger charge is 2.36. The first kappa shape index (κ1) is 20.3. The van der Waals surface area contributed by atoms with Crippen molar-refractivity contribution in [1.82, 2.24) is 9.97 Å². The van der Waals surface area contributed by atoms with Crippen LogP contribution < -0.4 is 11.1 Å². The quantitative estimate of drug-likeness (QED) is 0.460. The third-order valence-corrected chi connectivity index (χ3v) is 7.45. The number of hydrogen-bond donors (Lipinski definition) is 3. The molecule has 0 spiro atoms. The number of anilines is 1. The van der Waals surface area contributed by atoms with Gasteiger partial charge < -0.3 is 20.8 Å². The van der Waals surface area contributed by atoms with E-state index in [1.807, 2.05) is 12.3 Å². The van der Waals surface area contributed by atoms with E-state index in [-0.39, 0.29) is 11.5 Å². The third-order valence-electron chi connectivity index (χ3n) is 7.45. The highest BCUT2D eigenvalue weighted by molar-refractivity contribution is 5.93. The number of nitrogens with two attached hydrogens (primary N) is 1. The zero-order valence-corrected chi connectivity index (χ0v) is 18.2. The van der Waals surface area contributed by atoms with Gasteiger partial charge in [0.15, 0.2) is 0 Å². The molecule has 2 heterocycles. The fourth-order valence-corrected chi connectivity index (χ4v) is 5.04. The summed E-state index contributed by atoms with van der Waals surface area (Å²) in [6.07, 6.45) is 9.47. The molecule has 0 amide bonds. The van der Waals surface area contributed by atoms with Crippen LogP contribution in [0.1, 0.15) is 56.9 Å². The summed E-state index contributed by atoms with van der Waals surface area (Å²) >= 11 is 0. The van der Waals surface area contributed by atoms with Crippen LogP contribution in [0.3, 0.4) is 0 Å². The molecule has 0 radical (unpaired) electrons. The molecular formula is C26H32N4O. The van der Waals surface area contributed by atoms with Crippen LogP contribution in [0.15, 0.2) is 42.6 Å². The van der Waals surface area contributed by atoms with Gasteiger partial charge >= 0.3 is 0 Å². The number of fused-ring (bicyclic) bond motifs is 1. The average molecular weight is 417 g/mol. The molecule has 2 aliphatic rings. The Morgan fingerprint density at radius 2 is 1.94 bits per heavy atom. The highest BCUT2D eigenvalue weighted by atomic mass is 16.1. The fourth-order valence-electron chi connectivity index (χ4n) is 5.04. The van der Waals surface area contributed by atoms with Crippen molar-refractivity contribution < 1.29 is 4.79 Å². The first-order valence-corrected chi connectivity index (χ1v) is 11.6. The zero-order chi connectivity index (χ0) is 21.4. The number of rotatable bonds is 7. The number of pyridine rings is 1. The van der Waals surface area contributed by atoms with Crippen LogP contribution >= 0.6 is 0 Å². The Labute approximate surface area is 183 Å². The molecule has 5 rings (SSSR count). The molecule has 3 aromatic rings. The minimum absolute atomic E-state index is 0.203. The Kier molecular flexibility index (Phi) is 5.30. The molecule has 2 aliphatic carbocycles. The van der Waals surface area contributed by atoms with E-state index in [9.17, 15) is 4.79 Å². The van der Waals surface area contributed by atoms with Gasteiger partial charge in [-0.05, 0) is 80.5 Å². The molecule has 0 saturated heterocycles. The van der Waals surface area contributed by atoms with E-state index in [2.05, 4.69) is 52.5 Å². The summed E-state index contributed by atoms with van der Waals surface area (Å²) in [7, 11) is 0. The summed E-state index contributed by atoms with van der Waals surface area (Å²) in [4.78, 5) is 20.0. The second-order valence-electron chi connectivity index (χ2n) is 9.73. The summed E-state index contributed by atoms with van der Waals surface area (Å²) in [5.41, 5.74) is 11.4. The Bertz CT molecular complexity index is 1060. The molecule has 1 atom stereocenters. The molecule has 162 valence electrons. The molecule has 4 N–H and O–H groups in total. The van der Waals surface area contributed by atoms with Crippen molar-refractivity contribution in [2.75, 3.05) is 11.9 Å². The first-order valence-electron chi connectivity index (χ1n) is 11.6. The van der Waals surface area contributed by atoms with Crippen molar-refractivity contribution in [1.29, 1.82) is 0 Å². The van der Waals surface area contributed by atoms with Gasteiger partial charge in [0.25, 0.3) is 0 Å². The Balaban J connectivity index is 1.33. The molecule has 0 bridgehead atoms. The maximum absolute atomic E-state index is 12.0. The second kappa shape index (κ2) is 8.12. The van der Waals surface area contributed by atoms with Crippen molar-refractivity contribution in [3.05, 3.63) is 48.2 Å². The smallest absolute Gasteiger partial charge is 0.139 e. The SMILES string of the molecule is CC(N)C1CCC(C=O)(CNc2ccnc3[nH]c(-c4ccc(C5CC5)cc4)cc23)CC1. The number of benzene rings is 1. The Morgan fingerprint density at radius 3 is 2.58 bits per heavy atom. The number of carbonyl (C=O) groups excluding carboxylic acids is 1. The van der Waals surface area contributed by atoms with Gasteiger partial charge in [-0.25, -0.2) is 4.98 Å². The molecular weight excluding hydrogens is 384 g/mol. The molecule has 5 heteroatoms. The van der Waals surface area contributed by atoms with Crippen molar-refractivity contribution >= 4 is 23.0 Å². The predicted molar refractivity (Wildman–Crippen MR) is 126 cm³/mol. The summed E-state index contributed by atoms with van der Waals surface area (Å²) in [5, 5.41) is 4.63.